The molecule has 0 unspecified atom stereocenters. The SMILES string of the molecule is COc1cc(NC(=O)NCC2CCC2)c(Cl)cc1C(=O)O. The molecule has 1 aromatic carbocycles. The van der Waals surface area contributed by atoms with Gasteiger partial charge in [0.05, 0.1) is 17.8 Å². The summed E-state index contributed by atoms with van der Waals surface area (Å²) in [5.41, 5.74) is 0.257. The van der Waals surface area contributed by atoms with Gasteiger partial charge in [0.1, 0.15) is 11.3 Å². The largest absolute Gasteiger partial charge is 0.496 e. The quantitative estimate of drug-likeness (QED) is 0.780. The van der Waals surface area contributed by atoms with Gasteiger partial charge in [0, 0.05) is 12.6 Å². The summed E-state index contributed by atoms with van der Waals surface area (Å²) >= 11 is 5.99. The van der Waals surface area contributed by atoms with E-state index >= 15 is 0 Å². The van der Waals surface area contributed by atoms with E-state index in [2.05, 4.69) is 10.6 Å². The second-order valence-corrected chi connectivity index (χ2v) is 5.38. The molecular weight excluding hydrogens is 296 g/mol. The van der Waals surface area contributed by atoms with Crippen LogP contribution in [0.4, 0.5) is 10.5 Å². The van der Waals surface area contributed by atoms with Crippen molar-refractivity contribution < 1.29 is 19.4 Å². The minimum absolute atomic E-state index is 0.0528. The molecule has 0 spiro atoms. The number of anilines is 1. The van der Waals surface area contributed by atoms with Crippen LogP contribution in [0, 0.1) is 5.92 Å². The maximum Gasteiger partial charge on any atom is 0.339 e. The van der Waals surface area contributed by atoms with Gasteiger partial charge < -0.3 is 20.5 Å². The summed E-state index contributed by atoms with van der Waals surface area (Å²) in [5.74, 6) is -0.453. The third kappa shape index (κ3) is 3.78. The zero-order valence-corrected chi connectivity index (χ0v) is 12.4. The minimum Gasteiger partial charge on any atom is -0.496 e. The third-order valence-electron chi connectivity index (χ3n) is 3.54. The van der Waals surface area contributed by atoms with Crippen molar-refractivity contribution in [3.05, 3.63) is 22.7 Å². The highest BCUT2D eigenvalue weighted by atomic mass is 35.5. The normalized spacial score (nSPS) is 14.2. The molecule has 0 atom stereocenters. The number of benzene rings is 1. The molecule has 2 amide bonds. The Morgan fingerprint density at radius 2 is 2.14 bits per heavy atom. The van der Waals surface area contributed by atoms with Crippen molar-refractivity contribution in [2.75, 3.05) is 19.0 Å². The van der Waals surface area contributed by atoms with Crippen LogP contribution in [0.25, 0.3) is 0 Å². The molecule has 0 saturated heterocycles. The molecule has 0 heterocycles. The zero-order chi connectivity index (χ0) is 15.4. The van der Waals surface area contributed by atoms with Crippen molar-refractivity contribution in [1.29, 1.82) is 0 Å². The molecule has 1 aromatic rings. The fraction of sp³-hybridized carbons (Fsp3) is 0.429. The van der Waals surface area contributed by atoms with Crippen LogP contribution < -0.4 is 15.4 Å². The fourth-order valence-electron chi connectivity index (χ4n) is 2.09. The van der Waals surface area contributed by atoms with Gasteiger partial charge in [-0.1, -0.05) is 18.0 Å². The van der Waals surface area contributed by atoms with E-state index < -0.39 is 5.97 Å². The number of ether oxygens (including phenoxy) is 1. The lowest BCUT2D eigenvalue weighted by atomic mass is 9.85. The van der Waals surface area contributed by atoms with Crippen LogP contribution in [-0.4, -0.2) is 30.8 Å². The first-order valence-corrected chi connectivity index (χ1v) is 7.04. The number of aromatic carboxylic acids is 1. The van der Waals surface area contributed by atoms with E-state index in [1.54, 1.807) is 0 Å². The molecule has 0 aromatic heterocycles. The van der Waals surface area contributed by atoms with Gasteiger partial charge in [-0.15, -0.1) is 0 Å². The molecule has 7 heteroatoms. The highest BCUT2D eigenvalue weighted by Crippen LogP contribution is 2.31. The zero-order valence-electron chi connectivity index (χ0n) is 11.6. The summed E-state index contributed by atoms with van der Waals surface area (Å²) in [7, 11) is 1.36. The number of rotatable bonds is 5. The molecule has 1 aliphatic rings. The highest BCUT2D eigenvalue weighted by molar-refractivity contribution is 6.34. The smallest absolute Gasteiger partial charge is 0.339 e. The number of hydrogen-bond donors (Lipinski definition) is 3. The maximum absolute atomic E-state index is 11.8. The molecule has 0 bridgehead atoms. The van der Waals surface area contributed by atoms with Crippen LogP contribution in [0.1, 0.15) is 29.6 Å². The Hall–Kier alpha value is -1.95. The lowest BCUT2D eigenvalue weighted by Crippen LogP contribution is -2.35. The Balaban J connectivity index is 2.04. The second-order valence-electron chi connectivity index (χ2n) is 4.97. The number of hydrogen-bond acceptors (Lipinski definition) is 3. The Bertz CT molecular complexity index is 558. The average molecular weight is 313 g/mol. The summed E-state index contributed by atoms with van der Waals surface area (Å²) in [6, 6.07) is 2.29. The molecule has 114 valence electrons. The summed E-state index contributed by atoms with van der Waals surface area (Å²) in [5, 5.41) is 14.5. The topological polar surface area (TPSA) is 87.7 Å². The molecule has 0 radical (unpaired) electrons. The van der Waals surface area contributed by atoms with Crippen LogP contribution in [0.2, 0.25) is 5.02 Å². The first-order chi connectivity index (χ1) is 10.0. The van der Waals surface area contributed by atoms with E-state index in [1.807, 2.05) is 0 Å². The van der Waals surface area contributed by atoms with Crippen molar-refractivity contribution in [1.82, 2.24) is 5.32 Å². The summed E-state index contributed by atoms with van der Waals surface area (Å²) in [4.78, 5) is 22.8. The maximum atomic E-state index is 11.8. The van der Waals surface area contributed by atoms with Gasteiger partial charge >= 0.3 is 12.0 Å². The second kappa shape index (κ2) is 6.67. The van der Waals surface area contributed by atoms with Crippen molar-refractivity contribution in [2.24, 2.45) is 5.92 Å². The molecule has 21 heavy (non-hydrogen) atoms. The summed E-state index contributed by atoms with van der Waals surface area (Å²) in [6.07, 6.45) is 3.50. The van der Waals surface area contributed by atoms with Crippen LogP contribution in [0.15, 0.2) is 12.1 Å². The van der Waals surface area contributed by atoms with E-state index in [1.165, 1.54) is 25.7 Å². The number of nitrogens with one attached hydrogen (secondary N) is 2. The highest BCUT2D eigenvalue weighted by Gasteiger charge is 2.19. The first-order valence-electron chi connectivity index (χ1n) is 6.67. The van der Waals surface area contributed by atoms with Gasteiger partial charge in [-0.2, -0.15) is 0 Å². The van der Waals surface area contributed by atoms with Gasteiger partial charge in [0.2, 0.25) is 0 Å². The Kier molecular flexibility index (Phi) is 4.90. The number of methoxy groups -OCH3 is 1. The van der Waals surface area contributed by atoms with E-state index in [0.29, 0.717) is 18.2 Å². The third-order valence-corrected chi connectivity index (χ3v) is 3.86. The van der Waals surface area contributed by atoms with E-state index in [9.17, 15) is 9.59 Å². The molecule has 1 fully saturated rings. The van der Waals surface area contributed by atoms with Crippen LogP contribution >= 0.6 is 11.6 Å². The van der Waals surface area contributed by atoms with Crippen LogP contribution in [0.5, 0.6) is 5.75 Å². The first kappa shape index (κ1) is 15.4. The number of halogens is 1. The summed E-state index contributed by atoms with van der Waals surface area (Å²) < 4.78 is 5.00. The predicted molar refractivity (Wildman–Crippen MR) is 79.3 cm³/mol. The summed E-state index contributed by atoms with van der Waals surface area (Å²) in [6.45, 7) is 0.633. The van der Waals surface area contributed by atoms with Crippen molar-refractivity contribution >= 4 is 29.3 Å². The number of urea groups is 1. The fourth-order valence-corrected chi connectivity index (χ4v) is 2.30. The number of carboxylic acid groups (broad SMARTS) is 1. The lowest BCUT2D eigenvalue weighted by Gasteiger charge is -2.25. The Morgan fingerprint density at radius 3 is 2.67 bits per heavy atom. The van der Waals surface area contributed by atoms with Gasteiger partial charge in [0.25, 0.3) is 0 Å². The lowest BCUT2D eigenvalue weighted by molar-refractivity contribution is 0.0693. The van der Waals surface area contributed by atoms with Gasteiger partial charge in [-0.25, -0.2) is 9.59 Å². The van der Waals surface area contributed by atoms with Gasteiger partial charge in [-0.3, -0.25) is 0 Å². The standard InChI is InChI=1S/C14H17ClN2O4/c1-21-12-6-11(10(15)5-9(12)13(18)19)17-14(20)16-7-8-3-2-4-8/h5-6,8H,2-4,7H2,1H3,(H,18,19)(H2,16,17,20). The molecule has 6 nitrogen and oxygen atoms in total. The Morgan fingerprint density at radius 1 is 1.43 bits per heavy atom. The molecule has 1 saturated carbocycles. The van der Waals surface area contributed by atoms with Crippen LogP contribution in [0.3, 0.4) is 0 Å². The van der Waals surface area contributed by atoms with E-state index in [0.717, 1.165) is 12.8 Å². The monoisotopic (exact) mass is 312 g/mol. The number of carbonyl (C=O) groups excluding carboxylic acids is 1. The van der Waals surface area contributed by atoms with Gasteiger partial charge in [-0.05, 0) is 24.8 Å². The number of amides is 2. The molecule has 2 rings (SSSR count). The van der Waals surface area contributed by atoms with Crippen molar-refractivity contribution in [3.8, 4) is 5.75 Å². The predicted octanol–water partition coefficient (Wildman–Crippen LogP) is 2.97. The van der Waals surface area contributed by atoms with Crippen molar-refractivity contribution in [2.45, 2.75) is 19.3 Å². The molecule has 3 N–H and O–H groups in total. The van der Waals surface area contributed by atoms with Gasteiger partial charge in [0.15, 0.2) is 0 Å². The molecule has 1 aliphatic carbocycles. The van der Waals surface area contributed by atoms with E-state index in [-0.39, 0.29) is 22.4 Å². The van der Waals surface area contributed by atoms with E-state index in [4.69, 9.17) is 21.4 Å². The number of carboxylic acids is 1. The molecular formula is C14H17ClN2O4. The van der Waals surface area contributed by atoms with Crippen molar-refractivity contribution in [3.63, 3.8) is 0 Å². The average Bonchev–Trinajstić information content (AvgIpc) is 2.38. The number of carbonyl (C=O) groups is 2. The Labute approximate surface area is 127 Å². The van der Waals surface area contributed by atoms with Crippen LogP contribution in [-0.2, 0) is 0 Å². The molecule has 0 aliphatic heterocycles. The minimum atomic E-state index is -1.14.